The fraction of sp³-hybridized carbons (Fsp3) is 0.250. The van der Waals surface area contributed by atoms with E-state index in [0.29, 0.717) is 0 Å². The normalized spacial score (nSPS) is 20.7. The third-order valence-electron chi connectivity index (χ3n) is 4.52. The molecular formula is C20H19FO2. The van der Waals surface area contributed by atoms with Crippen LogP contribution in [0.3, 0.4) is 0 Å². The molecule has 2 atom stereocenters. The second kappa shape index (κ2) is 6.78. The monoisotopic (exact) mass is 310 g/mol. The highest BCUT2D eigenvalue weighted by molar-refractivity contribution is 5.74. The van der Waals surface area contributed by atoms with Gasteiger partial charge in [-0.1, -0.05) is 30.3 Å². The molecule has 0 aromatic heterocycles. The summed E-state index contributed by atoms with van der Waals surface area (Å²) < 4.78 is 18.4. The first-order chi connectivity index (χ1) is 11.2. The first-order valence-corrected chi connectivity index (χ1v) is 7.76. The average Bonchev–Trinajstić information content (AvgIpc) is 2.62. The quantitative estimate of drug-likeness (QED) is 0.770. The molecule has 0 N–H and O–H groups in total. The van der Waals surface area contributed by atoms with Crippen LogP contribution in [0.1, 0.15) is 35.8 Å². The standard InChI is InChI=1S/C20H19FO2/c1-23-18-9-5-15(6-10-18)19-11-2-14(13-22)12-20(19)16-3-7-17(21)8-4-16/h3-10,12-13,19-20H,2,11H2,1H3. The number of carbonyl (C=O) groups excluding carboxylic acids is 1. The molecule has 3 heteroatoms. The van der Waals surface area contributed by atoms with Crippen LogP contribution in [0.2, 0.25) is 0 Å². The van der Waals surface area contributed by atoms with E-state index in [0.717, 1.165) is 36.0 Å². The molecule has 0 saturated carbocycles. The van der Waals surface area contributed by atoms with Crippen molar-refractivity contribution < 1.29 is 13.9 Å². The Balaban J connectivity index is 1.97. The lowest BCUT2D eigenvalue weighted by molar-refractivity contribution is -0.105. The topological polar surface area (TPSA) is 26.3 Å². The van der Waals surface area contributed by atoms with Crippen molar-refractivity contribution in [3.05, 3.63) is 77.1 Å². The Labute approximate surface area is 135 Å². The smallest absolute Gasteiger partial charge is 0.145 e. The van der Waals surface area contributed by atoms with Crippen LogP contribution in [0.5, 0.6) is 5.75 Å². The van der Waals surface area contributed by atoms with Crippen LogP contribution in [0.25, 0.3) is 0 Å². The molecule has 2 unspecified atom stereocenters. The van der Waals surface area contributed by atoms with Gasteiger partial charge in [-0.15, -0.1) is 0 Å². The van der Waals surface area contributed by atoms with E-state index in [1.54, 1.807) is 19.2 Å². The predicted octanol–water partition coefficient (Wildman–Crippen LogP) is 4.62. The van der Waals surface area contributed by atoms with Gasteiger partial charge in [0.05, 0.1) is 7.11 Å². The molecule has 0 bridgehead atoms. The molecule has 2 nitrogen and oxygen atoms in total. The van der Waals surface area contributed by atoms with Crippen LogP contribution in [-0.4, -0.2) is 13.4 Å². The minimum Gasteiger partial charge on any atom is -0.497 e. The molecule has 0 aliphatic heterocycles. The maximum absolute atomic E-state index is 13.2. The van der Waals surface area contributed by atoms with Gasteiger partial charge in [0.2, 0.25) is 0 Å². The fourth-order valence-electron chi connectivity index (χ4n) is 3.27. The van der Waals surface area contributed by atoms with Gasteiger partial charge in [0.15, 0.2) is 0 Å². The van der Waals surface area contributed by atoms with Gasteiger partial charge >= 0.3 is 0 Å². The fourth-order valence-corrected chi connectivity index (χ4v) is 3.27. The van der Waals surface area contributed by atoms with Crippen molar-refractivity contribution in [3.8, 4) is 5.75 Å². The van der Waals surface area contributed by atoms with Crippen LogP contribution in [0.4, 0.5) is 4.39 Å². The number of ether oxygens (including phenoxy) is 1. The zero-order chi connectivity index (χ0) is 16.2. The molecule has 0 amide bonds. The van der Waals surface area contributed by atoms with E-state index in [1.807, 2.05) is 18.2 Å². The summed E-state index contributed by atoms with van der Waals surface area (Å²) >= 11 is 0. The zero-order valence-electron chi connectivity index (χ0n) is 13.0. The Morgan fingerprint density at radius 3 is 2.30 bits per heavy atom. The van der Waals surface area contributed by atoms with Gasteiger partial charge in [0, 0.05) is 5.92 Å². The Morgan fingerprint density at radius 2 is 1.70 bits per heavy atom. The van der Waals surface area contributed by atoms with Gasteiger partial charge < -0.3 is 4.74 Å². The van der Waals surface area contributed by atoms with E-state index in [2.05, 4.69) is 12.1 Å². The molecule has 3 rings (SSSR count). The summed E-state index contributed by atoms with van der Waals surface area (Å²) in [5, 5.41) is 0. The highest BCUT2D eigenvalue weighted by Crippen LogP contribution is 2.42. The van der Waals surface area contributed by atoms with E-state index in [9.17, 15) is 9.18 Å². The molecule has 23 heavy (non-hydrogen) atoms. The van der Waals surface area contributed by atoms with Crippen LogP contribution < -0.4 is 4.74 Å². The zero-order valence-corrected chi connectivity index (χ0v) is 13.0. The highest BCUT2D eigenvalue weighted by Gasteiger charge is 2.27. The molecule has 0 radical (unpaired) electrons. The summed E-state index contributed by atoms with van der Waals surface area (Å²) in [7, 11) is 1.65. The Morgan fingerprint density at radius 1 is 1.04 bits per heavy atom. The molecule has 2 aromatic carbocycles. The van der Waals surface area contributed by atoms with E-state index in [-0.39, 0.29) is 17.7 Å². The molecule has 0 spiro atoms. The molecule has 118 valence electrons. The summed E-state index contributed by atoms with van der Waals surface area (Å²) in [4.78, 5) is 11.2. The molecule has 0 heterocycles. The number of hydrogen-bond acceptors (Lipinski definition) is 2. The maximum atomic E-state index is 13.2. The summed E-state index contributed by atoms with van der Waals surface area (Å²) in [5.74, 6) is 0.935. The molecular weight excluding hydrogens is 291 g/mol. The van der Waals surface area contributed by atoms with Gasteiger partial charge in [0.1, 0.15) is 17.9 Å². The summed E-state index contributed by atoms with van der Waals surface area (Å²) in [6.45, 7) is 0. The molecule has 2 aromatic rings. The van der Waals surface area contributed by atoms with Gasteiger partial charge in [-0.3, -0.25) is 4.79 Å². The SMILES string of the molecule is COc1ccc(C2CCC(C=O)=CC2c2ccc(F)cc2)cc1. The Hall–Kier alpha value is -2.42. The number of carbonyl (C=O) groups is 1. The minimum absolute atomic E-state index is 0.0814. The van der Waals surface area contributed by atoms with Crippen molar-refractivity contribution in [2.75, 3.05) is 7.11 Å². The number of hydrogen-bond donors (Lipinski definition) is 0. The Bertz CT molecular complexity index is 701. The number of methoxy groups -OCH3 is 1. The van der Waals surface area contributed by atoms with Crippen molar-refractivity contribution in [1.29, 1.82) is 0 Å². The third kappa shape index (κ3) is 3.34. The lowest BCUT2D eigenvalue weighted by Gasteiger charge is -2.30. The van der Waals surface area contributed by atoms with Crippen molar-refractivity contribution in [2.45, 2.75) is 24.7 Å². The van der Waals surface area contributed by atoms with Crippen LogP contribution in [0, 0.1) is 5.82 Å². The van der Waals surface area contributed by atoms with Crippen molar-refractivity contribution in [1.82, 2.24) is 0 Å². The molecule has 1 aliphatic rings. The maximum Gasteiger partial charge on any atom is 0.145 e. The van der Waals surface area contributed by atoms with Crippen LogP contribution in [0.15, 0.2) is 60.2 Å². The van der Waals surface area contributed by atoms with Crippen LogP contribution in [-0.2, 0) is 4.79 Å². The molecule has 1 aliphatic carbocycles. The second-order valence-electron chi connectivity index (χ2n) is 5.86. The molecule has 0 saturated heterocycles. The van der Waals surface area contributed by atoms with E-state index >= 15 is 0 Å². The first kappa shape index (κ1) is 15.5. The lowest BCUT2D eigenvalue weighted by Crippen LogP contribution is -2.15. The predicted molar refractivity (Wildman–Crippen MR) is 88.3 cm³/mol. The highest BCUT2D eigenvalue weighted by atomic mass is 19.1. The second-order valence-corrected chi connectivity index (χ2v) is 5.86. The summed E-state index contributed by atoms with van der Waals surface area (Å²) in [6.07, 6.45) is 4.64. The van der Waals surface area contributed by atoms with E-state index < -0.39 is 0 Å². The minimum atomic E-state index is -0.245. The molecule has 0 fully saturated rings. The summed E-state index contributed by atoms with van der Waals surface area (Å²) in [5.41, 5.74) is 3.07. The average molecular weight is 310 g/mol. The lowest BCUT2D eigenvalue weighted by atomic mass is 9.74. The van der Waals surface area contributed by atoms with Gasteiger partial charge in [-0.05, 0) is 59.7 Å². The number of benzene rings is 2. The van der Waals surface area contributed by atoms with Gasteiger partial charge in [0.25, 0.3) is 0 Å². The first-order valence-electron chi connectivity index (χ1n) is 7.76. The summed E-state index contributed by atoms with van der Waals surface area (Å²) in [6, 6.07) is 14.6. The van der Waals surface area contributed by atoms with Gasteiger partial charge in [-0.25, -0.2) is 4.39 Å². The Kier molecular flexibility index (Phi) is 4.56. The van der Waals surface area contributed by atoms with Crippen molar-refractivity contribution in [2.24, 2.45) is 0 Å². The van der Waals surface area contributed by atoms with Crippen LogP contribution >= 0.6 is 0 Å². The largest absolute Gasteiger partial charge is 0.497 e. The van der Waals surface area contributed by atoms with E-state index in [1.165, 1.54) is 17.7 Å². The van der Waals surface area contributed by atoms with Gasteiger partial charge in [-0.2, -0.15) is 0 Å². The number of halogens is 1. The van der Waals surface area contributed by atoms with E-state index in [4.69, 9.17) is 4.74 Å². The third-order valence-corrected chi connectivity index (χ3v) is 4.52. The number of allylic oxidation sites excluding steroid dienone is 2. The van der Waals surface area contributed by atoms with Crippen molar-refractivity contribution in [3.63, 3.8) is 0 Å². The number of rotatable bonds is 4. The number of aldehydes is 1. The van der Waals surface area contributed by atoms with Crippen molar-refractivity contribution >= 4 is 6.29 Å².